The average Bonchev–Trinajstić information content (AvgIpc) is 2.96. The van der Waals surface area contributed by atoms with Crippen LogP contribution in [-0.4, -0.2) is 48.3 Å². The van der Waals surface area contributed by atoms with E-state index in [1.54, 1.807) is 4.90 Å². The van der Waals surface area contributed by atoms with Gasteiger partial charge in [-0.2, -0.15) is 4.99 Å². The Kier molecular flexibility index (Phi) is 2.08. The normalized spacial score (nSPS) is 36.4. The van der Waals surface area contributed by atoms with E-state index in [2.05, 4.69) is 4.99 Å². The average molecular weight is 257 g/mol. The molecule has 2 N–H and O–H groups in total. The molecule has 3 aliphatic rings. The molecule has 1 aliphatic carbocycles. The maximum atomic E-state index is 11.8. The highest BCUT2D eigenvalue weighted by molar-refractivity contribution is 7.91. The maximum Gasteiger partial charge on any atom is 0.346 e. The molecule has 94 valence electrons. The Balaban J connectivity index is 2.03. The van der Waals surface area contributed by atoms with Gasteiger partial charge >= 0.3 is 6.03 Å². The number of nitrogens with two attached hydrogens (primary N) is 1. The molecule has 2 amide bonds. The molecule has 0 radical (unpaired) electrons. The molecule has 17 heavy (non-hydrogen) atoms. The van der Waals surface area contributed by atoms with Gasteiger partial charge in [0.1, 0.15) is 11.4 Å². The van der Waals surface area contributed by atoms with Gasteiger partial charge in [0.25, 0.3) is 0 Å². The molecule has 0 aromatic rings. The Bertz CT molecular complexity index is 509. The van der Waals surface area contributed by atoms with Gasteiger partial charge in [-0.05, 0) is 25.7 Å². The lowest BCUT2D eigenvalue weighted by Gasteiger charge is -2.40. The number of urea groups is 1. The number of amides is 2. The zero-order chi connectivity index (χ0) is 12.3. The Labute approximate surface area is 99.8 Å². The second-order valence-corrected chi connectivity index (χ2v) is 7.29. The minimum absolute atomic E-state index is 0.0580. The fraction of sp³-hybridized carbons (Fsp3) is 0.800. The van der Waals surface area contributed by atoms with Crippen LogP contribution in [0.5, 0.6) is 0 Å². The van der Waals surface area contributed by atoms with Crippen molar-refractivity contribution < 1.29 is 13.2 Å². The van der Waals surface area contributed by atoms with Crippen LogP contribution in [0.15, 0.2) is 4.99 Å². The number of carbonyl (C=O) groups is 1. The number of nitrogens with zero attached hydrogens (tertiary/aromatic N) is 2. The van der Waals surface area contributed by atoms with Crippen molar-refractivity contribution in [1.29, 1.82) is 0 Å². The molecule has 0 aromatic carbocycles. The number of carbonyl (C=O) groups excluding carboxylic acids is 1. The highest BCUT2D eigenvalue weighted by Crippen LogP contribution is 2.41. The SMILES string of the molecule is NC1=NC(=O)N(C2CC2)C12CCCS(=O)(=O)C2. The predicted molar refractivity (Wildman–Crippen MR) is 62.5 cm³/mol. The molecule has 1 spiro atoms. The zero-order valence-corrected chi connectivity index (χ0v) is 10.2. The van der Waals surface area contributed by atoms with Crippen molar-refractivity contribution in [2.75, 3.05) is 11.5 Å². The molecule has 2 aliphatic heterocycles. The quantitative estimate of drug-likeness (QED) is 0.709. The zero-order valence-electron chi connectivity index (χ0n) is 9.42. The van der Waals surface area contributed by atoms with Gasteiger partial charge in [0.2, 0.25) is 0 Å². The van der Waals surface area contributed by atoms with Crippen molar-refractivity contribution in [3.8, 4) is 0 Å². The van der Waals surface area contributed by atoms with Gasteiger partial charge < -0.3 is 10.6 Å². The molecule has 2 fully saturated rings. The minimum atomic E-state index is -3.12. The lowest BCUT2D eigenvalue weighted by Crippen LogP contribution is -2.61. The van der Waals surface area contributed by atoms with Crippen molar-refractivity contribution in [3.05, 3.63) is 0 Å². The number of aliphatic imine (C=N–C) groups is 1. The molecule has 1 atom stereocenters. The van der Waals surface area contributed by atoms with Crippen molar-refractivity contribution in [2.24, 2.45) is 10.7 Å². The molecule has 1 saturated heterocycles. The van der Waals surface area contributed by atoms with Crippen LogP contribution in [0.4, 0.5) is 4.79 Å². The van der Waals surface area contributed by atoms with Crippen LogP contribution >= 0.6 is 0 Å². The van der Waals surface area contributed by atoms with Gasteiger partial charge in [-0.1, -0.05) is 0 Å². The molecule has 2 heterocycles. The van der Waals surface area contributed by atoms with E-state index in [0.717, 1.165) is 12.8 Å². The van der Waals surface area contributed by atoms with Crippen molar-refractivity contribution in [1.82, 2.24) is 4.90 Å². The fourth-order valence-electron chi connectivity index (χ4n) is 2.89. The van der Waals surface area contributed by atoms with Crippen molar-refractivity contribution in [3.63, 3.8) is 0 Å². The molecule has 0 bridgehead atoms. The Hall–Kier alpha value is -1.11. The summed E-state index contributed by atoms with van der Waals surface area (Å²) in [5.41, 5.74) is 5.00. The van der Waals surface area contributed by atoms with Crippen LogP contribution in [0.2, 0.25) is 0 Å². The van der Waals surface area contributed by atoms with Gasteiger partial charge in [-0.25, -0.2) is 13.2 Å². The first-order valence-electron chi connectivity index (χ1n) is 5.83. The van der Waals surface area contributed by atoms with E-state index in [0.29, 0.717) is 12.8 Å². The number of hydrogen-bond acceptors (Lipinski definition) is 4. The second-order valence-electron chi connectivity index (χ2n) is 5.11. The summed E-state index contributed by atoms with van der Waals surface area (Å²) < 4.78 is 23.6. The fourth-order valence-corrected chi connectivity index (χ4v) is 4.78. The van der Waals surface area contributed by atoms with E-state index in [1.165, 1.54) is 0 Å². The Morgan fingerprint density at radius 3 is 2.71 bits per heavy atom. The van der Waals surface area contributed by atoms with E-state index >= 15 is 0 Å². The number of hydrogen-bond donors (Lipinski definition) is 1. The standard InChI is InChI=1S/C10H15N3O3S/c11-8-10(4-1-5-17(15,16)6-10)13(7-2-3-7)9(14)12-8/h7H,1-6H2,(H2,11,12,14). The molecule has 1 unspecified atom stereocenters. The molecule has 0 aromatic heterocycles. The van der Waals surface area contributed by atoms with E-state index in [-0.39, 0.29) is 29.4 Å². The van der Waals surface area contributed by atoms with E-state index < -0.39 is 15.4 Å². The number of rotatable bonds is 1. The third kappa shape index (κ3) is 1.55. The Morgan fingerprint density at radius 1 is 1.41 bits per heavy atom. The summed E-state index contributed by atoms with van der Waals surface area (Å²) >= 11 is 0. The third-order valence-electron chi connectivity index (χ3n) is 3.78. The highest BCUT2D eigenvalue weighted by Gasteiger charge is 2.56. The monoisotopic (exact) mass is 257 g/mol. The van der Waals surface area contributed by atoms with Gasteiger partial charge in [0.15, 0.2) is 9.84 Å². The summed E-state index contributed by atoms with van der Waals surface area (Å²) in [6, 6.07) is -0.220. The summed E-state index contributed by atoms with van der Waals surface area (Å²) in [6.07, 6.45) is 3.02. The predicted octanol–water partition coefficient (Wildman–Crippen LogP) is -0.111. The number of sulfone groups is 1. The Morgan fingerprint density at radius 2 is 2.12 bits per heavy atom. The highest BCUT2D eigenvalue weighted by atomic mass is 32.2. The summed E-state index contributed by atoms with van der Waals surface area (Å²) in [5.74, 6) is 0.324. The molecule has 7 heteroatoms. The number of amidine groups is 1. The van der Waals surface area contributed by atoms with Crippen LogP contribution in [0, 0.1) is 0 Å². The lowest BCUT2D eigenvalue weighted by molar-refractivity contribution is 0.167. The molecule has 6 nitrogen and oxygen atoms in total. The minimum Gasteiger partial charge on any atom is -0.385 e. The summed E-state index contributed by atoms with van der Waals surface area (Å²) in [7, 11) is -3.12. The van der Waals surface area contributed by atoms with E-state index in [1.807, 2.05) is 0 Å². The van der Waals surface area contributed by atoms with Crippen LogP contribution < -0.4 is 5.73 Å². The smallest absolute Gasteiger partial charge is 0.346 e. The van der Waals surface area contributed by atoms with Gasteiger partial charge in [0.05, 0.1) is 11.5 Å². The molecular formula is C10H15N3O3S. The molecule has 1 saturated carbocycles. The molecule has 3 rings (SSSR count). The first kappa shape index (κ1) is 11.0. The maximum absolute atomic E-state index is 11.8. The third-order valence-corrected chi connectivity index (χ3v) is 5.60. The van der Waals surface area contributed by atoms with Gasteiger partial charge in [0, 0.05) is 6.04 Å². The van der Waals surface area contributed by atoms with Gasteiger partial charge in [-0.15, -0.1) is 0 Å². The lowest BCUT2D eigenvalue weighted by atomic mass is 9.93. The second kappa shape index (κ2) is 3.22. The topological polar surface area (TPSA) is 92.8 Å². The van der Waals surface area contributed by atoms with Gasteiger partial charge in [-0.3, -0.25) is 0 Å². The summed E-state index contributed by atoms with van der Waals surface area (Å²) in [4.78, 5) is 17.2. The first-order chi connectivity index (χ1) is 7.95. The van der Waals surface area contributed by atoms with E-state index in [9.17, 15) is 13.2 Å². The van der Waals surface area contributed by atoms with Crippen LogP contribution in [0.25, 0.3) is 0 Å². The summed E-state index contributed by atoms with van der Waals surface area (Å²) in [5, 5.41) is 0. The van der Waals surface area contributed by atoms with E-state index in [4.69, 9.17) is 5.73 Å². The molecular weight excluding hydrogens is 242 g/mol. The summed E-state index contributed by atoms with van der Waals surface area (Å²) in [6.45, 7) is 0. The van der Waals surface area contributed by atoms with Crippen LogP contribution in [0.1, 0.15) is 25.7 Å². The van der Waals surface area contributed by atoms with Crippen molar-refractivity contribution >= 4 is 21.7 Å². The van der Waals surface area contributed by atoms with Crippen LogP contribution in [0.3, 0.4) is 0 Å². The first-order valence-corrected chi connectivity index (χ1v) is 7.65. The largest absolute Gasteiger partial charge is 0.385 e. The van der Waals surface area contributed by atoms with Crippen LogP contribution in [-0.2, 0) is 9.84 Å². The van der Waals surface area contributed by atoms with Crippen molar-refractivity contribution in [2.45, 2.75) is 37.3 Å².